The van der Waals surface area contributed by atoms with E-state index in [1.807, 2.05) is 0 Å². The summed E-state index contributed by atoms with van der Waals surface area (Å²) in [4.78, 5) is 3.64. The highest BCUT2D eigenvalue weighted by atomic mass is 35.5. The number of hydrogen-bond acceptors (Lipinski definition) is 4. The van der Waals surface area contributed by atoms with Crippen LogP contribution in [0.15, 0.2) is 35.2 Å². The molecular weight excluding hydrogens is 304 g/mol. The molecule has 0 aliphatic carbocycles. The van der Waals surface area contributed by atoms with Gasteiger partial charge in [-0.1, -0.05) is 6.07 Å². The van der Waals surface area contributed by atoms with Gasteiger partial charge in [0.1, 0.15) is 5.76 Å². The predicted octanol–water partition coefficient (Wildman–Crippen LogP) is 3.18. The summed E-state index contributed by atoms with van der Waals surface area (Å²) in [6.07, 6.45) is -2.47. The van der Waals surface area contributed by atoms with E-state index in [1.54, 1.807) is 0 Å². The minimum atomic E-state index is -4.95. The lowest BCUT2D eigenvalue weighted by Crippen LogP contribution is -2.18. The Morgan fingerprint density at radius 1 is 1.30 bits per heavy atom. The highest BCUT2D eigenvalue weighted by Gasteiger charge is 2.32. The highest BCUT2D eigenvalue weighted by molar-refractivity contribution is 5.85. The Hall–Kier alpha value is -1.80. The zero-order valence-electron chi connectivity index (χ0n) is 9.73. The molecule has 2 N–H and O–H groups in total. The summed E-state index contributed by atoms with van der Waals surface area (Å²) in [5.41, 5.74) is 5.98. The molecule has 0 saturated heterocycles. The maximum absolute atomic E-state index is 13.5. The van der Waals surface area contributed by atoms with E-state index in [1.165, 1.54) is 12.3 Å². The van der Waals surface area contributed by atoms with Gasteiger partial charge in [-0.2, -0.15) is 0 Å². The van der Waals surface area contributed by atoms with Crippen LogP contribution in [-0.4, -0.2) is 11.3 Å². The van der Waals surface area contributed by atoms with Gasteiger partial charge in [0.25, 0.3) is 0 Å². The quantitative estimate of drug-likeness (QED) is 0.884. The van der Waals surface area contributed by atoms with Crippen LogP contribution in [0.3, 0.4) is 0 Å². The first kappa shape index (κ1) is 16.3. The third-order valence-corrected chi connectivity index (χ3v) is 2.30. The molecule has 1 atom stereocenters. The van der Waals surface area contributed by atoms with Crippen LogP contribution in [0, 0.1) is 5.82 Å². The number of benzene rings is 1. The molecule has 0 radical (unpaired) electrons. The van der Waals surface area contributed by atoms with Crippen molar-refractivity contribution in [3.05, 3.63) is 47.9 Å². The number of hydrogen-bond donors (Lipinski definition) is 1. The molecule has 0 spiro atoms. The molecule has 110 valence electrons. The van der Waals surface area contributed by atoms with Gasteiger partial charge in [0.2, 0.25) is 0 Å². The molecular formula is C11H9ClF4N2O2. The zero-order valence-corrected chi connectivity index (χ0v) is 10.5. The minimum absolute atomic E-state index is 0. The molecule has 0 aliphatic heterocycles. The van der Waals surface area contributed by atoms with Crippen LogP contribution in [0.25, 0.3) is 0 Å². The molecule has 1 aromatic heterocycles. The SMILES string of the molecule is Cl.NC(c1ccc(OC(F)(F)F)c(F)c1)c1cnco1. The Labute approximate surface area is 117 Å². The lowest BCUT2D eigenvalue weighted by molar-refractivity contribution is -0.275. The third kappa shape index (κ3) is 3.84. The molecule has 2 rings (SSSR count). The van der Waals surface area contributed by atoms with Crippen molar-refractivity contribution in [1.29, 1.82) is 0 Å². The molecule has 0 aliphatic rings. The van der Waals surface area contributed by atoms with Crippen LogP contribution in [0.5, 0.6) is 5.75 Å². The van der Waals surface area contributed by atoms with E-state index in [4.69, 9.17) is 10.2 Å². The second kappa shape index (κ2) is 6.10. The van der Waals surface area contributed by atoms with Gasteiger partial charge < -0.3 is 14.9 Å². The molecule has 20 heavy (non-hydrogen) atoms. The largest absolute Gasteiger partial charge is 0.573 e. The molecule has 9 heteroatoms. The number of nitrogens with zero attached hydrogens (tertiary/aromatic N) is 1. The summed E-state index contributed by atoms with van der Waals surface area (Å²) in [5, 5.41) is 0. The Morgan fingerprint density at radius 3 is 2.50 bits per heavy atom. The van der Waals surface area contributed by atoms with Gasteiger partial charge in [-0.15, -0.1) is 25.6 Å². The molecule has 1 unspecified atom stereocenters. The summed E-state index contributed by atoms with van der Waals surface area (Å²) in [6.45, 7) is 0. The average Bonchev–Trinajstić information content (AvgIpc) is 2.82. The van der Waals surface area contributed by atoms with Gasteiger partial charge >= 0.3 is 6.36 Å². The average molecular weight is 313 g/mol. The van der Waals surface area contributed by atoms with Gasteiger partial charge in [0.05, 0.1) is 12.2 Å². The van der Waals surface area contributed by atoms with Gasteiger partial charge in [-0.05, 0) is 17.7 Å². The molecule has 2 aromatic rings. The fourth-order valence-corrected chi connectivity index (χ4v) is 1.46. The van der Waals surface area contributed by atoms with E-state index in [2.05, 4.69) is 9.72 Å². The van der Waals surface area contributed by atoms with E-state index < -0.39 is 24.0 Å². The standard InChI is InChI=1S/C11H8F4N2O2.ClH/c12-7-3-6(10(16)9-4-17-5-18-9)1-2-8(7)19-11(13,14)15;/h1-5,10H,16H2;1H. The number of ether oxygens (including phenoxy) is 1. The number of rotatable bonds is 3. The summed E-state index contributed by atoms with van der Waals surface area (Å²) < 4.78 is 57.8. The lowest BCUT2D eigenvalue weighted by Gasteiger charge is -2.12. The maximum Gasteiger partial charge on any atom is 0.573 e. The fourth-order valence-electron chi connectivity index (χ4n) is 1.46. The topological polar surface area (TPSA) is 61.3 Å². The molecule has 0 bridgehead atoms. The van der Waals surface area contributed by atoms with Gasteiger partial charge in [0.15, 0.2) is 18.0 Å². The summed E-state index contributed by atoms with van der Waals surface area (Å²) >= 11 is 0. The van der Waals surface area contributed by atoms with Crippen LogP contribution in [0.1, 0.15) is 17.4 Å². The third-order valence-electron chi connectivity index (χ3n) is 2.30. The number of aromatic nitrogens is 1. The van der Waals surface area contributed by atoms with Gasteiger partial charge in [0, 0.05) is 0 Å². The van der Waals surface area contributed by atoms with E-state index in [-0.39, 0.29) is 23.7 Å². The van der Waals surface area contributed by atoms with E-state index in [0.717, 1.165) is 18.5 Å². The molecule has 0 amide bonds. The van der Waals surface area contributed by atoms with Crippen LogP contribution < -0.4 is 10.5 Å². The van der Waals surface area contributed by atoms with Crippen LogP contribution >= 0.6 is 12.4 Å². The first-order valence-corrected chi connectivity index (χ1v) is 5.06. The first-order valence-electron chi connectivity index (χ1n) is 5.06. The predicted molar refractivity (Wildman–Crippen MR) is 62.9 cm³/mol. The van der Waals surface area contributed by atoms with E-state index in [0.29, 0.717) is 0 Å². The number of nitrogens with two attached hydrogens (primary N) is 1. The second-order valence-electron chi connectivity index (χ2n) is 3.62. The fraction of sp³-hybridized carbons (Fsp3) is 0.182. The summed E-state index contributed by atoms with van der Waals surface area (Å²) in [5.74, 6) is -1.81. The van der Waals surface area contributed by atoms with Crippen molar-refractivity contribution < 1.29 is 26.7 Å². The molecule has 1 aromatic carbocycles. The van der Waals surface area contributed by atoms with Gasteiger partial charge in [-0.25, -0.2) is 9.37 Å². The number of halogens is 5. The van der Waals surface area contributed by atoms with E-state index >= 15 is 0 Å². The molecule has 0 fully saturated rings. The minimum Gasteiger partial charge on any atom is -0.446 e. The lowest BCUT2D eigenvalue weighted by atomic mass is 10.1. The molecule has 0 saturated carbocycles. The molecule has 1 heterocycles. The normalized spacial score (nSPS) is 12.7. The van der Waals surface area contributed by atoms with Crippen LogP contribution in [0.4, 0.5) is 17.6 Å². The van der Waals surface area contributed by atoms with Crippen molar-refractivity contribution in [2.75, 3.05) is 0 Å². The Bertz CT molecular complexity index is 560. The maximum atomic E-state index is 13.5. The van der Waals surface area contributed by atoms with Crippen molar-refractivity contribution in [2.24, 2.45) is 5.73 Å². The second-order valence-corrected chi connectivity index (χ2v) is 3.62. The molecule has 4 nitrogen and oxygen atoms in total. The summed E-state index contributed by atoms with van der Waals surface area (Å²) in [6, 6.07) is 2.11. The van der Waals surface area contributed by atoms with Crippen molar-refractivity contribution in [3.8, 4) is 5.75 Å². The number of oxazole rings is 1. The Balaban J connectivity index is 0.00000200. The van der Waals surface area contributed by atoms with Crippen molar-refractivity contribution in [1.82, 2.24) is 4.98 Å². The first-order chi connectivity index (χ1) is 8.87. The zero-order chi connectivity index (χ0) is 14.0. The van der Waals surface area contributed by atoms with Crippen LogP contribution in [0.2, 0.25) is 0 Å². The number of alkyl halides is 3. The Kier molecular flexibility index (Phi) is 4.96. The smallest absolute Gasteiger partial charge is 0.446 e. The van der Waals surface area contributed by atoms with E-state index in [9.17, 15) is 17.6 Å². The van der Waals surface area contributed by atoms with Crippen molar-refractivity contribution in [2.45, 2.75) is 12.4 Å². The van der Waals surface area contributed by atoms with Crippen molar-refractivity contribution >= 4 is 12.4 Å². The highest BCUT2D eigenvalue weighted by Crippen LogP contribution is 2.28. The Morgan fingerprint density at radius 2 is 2.00 bits per heavy atom. The summed E-state index contributed by atoms with van der Waals surface area (Å²) in [7, 11) is 0. The van der Waals surface area contributed by atoms with Crippen molar-refractivity contribution in [3.63, 3.8) is 0 Å². The van der Waals surface area contributed by atoms with Crippen LogP contribution in [-0.2, 0) is 0 Å². The monoisotopic (exact) mass is 312 g/mol. The van der Waals surface area contributed by atoms with Gasteiger partial charge in [-0.3, -0.25) is 0 Å².